The van der Waals surface area contributed by atoms with Crippen molar-refractivity contribution in [2.75, 3.05) is 0 Å². The van der Waals surface area contributed by atoms with Gasteiger partial charge in [-0.15, -0.1) is 0 Å². The van der Waals surface area contributed by atoms with Crippen LogP contribution in [0.3, 0.4) is 0 Å². The van der Waals surface area contributed by atoms with Crippen molar-refractivity contribution in [2.24, 2.45) is 11.3 Å². The van der Waals surface area contributed by atoms with Gasteiger partial charge in [0.1, 0.15) is 0 Å². The quantitative estimate of drug-likeness (QED) is 0.528. The van der Waals surface area contributed by atoms with E-state index in [1.807, 2.05) is 0 Å². The summed E-state index contributed by atoms with van der Waals surface area (Å²) in [6, 6.07) is 0. The highest BCUT2D eigenvalue weighted by atomic mass is 14.1. The van der Waals surface area contributed by atoms with Crippen LogP contribution in [0.15, 0.2) is 24.3 Å². The fourth-order valence-electron chi connectivity index (χ4n) is 0.631. The predicted molar refractivity (Wildman–Crippen MR) is 52.6 cm³/mol. The molecule has 0 rings (SSSR count). The lowest BCUT2D eigenvalue weighted by Gasteiger charge is -2.09. The van der Waals surface area contributed by atoms with E-state index in [2.05, 4.69) is 58.9 Å². The minimum atomic E-state index is 0.307. The Labute approximate surface area is 71.0 Å². The lowest BCUT2D eigenvalue weighted by atomic mass is 9.96. The van der Waals surface area contributed by atoms with Gasteiger partial charge in [0.05, 0.1) is 0 Å². The van der Waals surface area contributed by atoms with Crippen molar-refractivity contribution >= 4 is 0 Å². The Bertz CT molecular complexity index is 142. The zero-order valence-corrected chi connectivity index (χ0v) is 8.39. The standard InChI is InChI=1S/C11H20/c1-10(2)8-6-7-9-11(3,4)5/h6-10H,1-5H3/b8-6-,9-7-. The van der Waals surface area contributed by atoms with Crippen molar-refractivity contribution in [1.82, 2.24) is 0 Å². The molecule has 0 aliphatic carbocycles. The SMILES string of the molecule is CC(C)/C=C\C=C/C(C)(C)C. The van der Waals surface area contributed by atoms with Gasteiger partial charge in [-0.3, -0.25) is 0 Å². The molecule has 0 heteroatoms. The molecule has 0 saturated carbocycles. The molecular formula is C11H20. The van der Waals surface area contributed by atoms with E-state index in [1.165, 1.54) is 0 Å². The van der Waals surface area contributed by atoms with Crippen LogP contribution in [0.5, 0.6) is 0 Å². The monoisotopic (exact) mass is 152 g/mol. The van der Waals surface area contributed by atoms with E-state index in [4.69, 9.17) is 0 Å². The van der Waals surface area contributed by atoms with Gasteiger partial charge in [-0.1, -0.05) is 58.9 Å². The Morgan fingerprint density at radius 1 is 1.00 bits per heavy atom. The van der Waals surface area contributed by atoms with Gasteiger partial charge in [0.15, 0.2) is 0 Å². The molecule has 0 radical (unpaired) electrons. The number of rotatable bonds is 2. The first-order valence-electron chi connectivity index (χ1n) is 4.28. The maximum absolute atomic E-state index is 2.21. The number of allylic oxidation sites excluding steroid dienone is 4. The van der Waals surface area contributed by atoms with Crippen LogP contribution in [0.4, 0.5) is 0 Å². The second-order valence-electron chi connectivity index (χ2n) is 4.35. The topological polar surface area (TPSA) is 0 Å². The Kier molecular flexibility index (Phi) is 4.17. The zero-order chi connectivity index (χ0) is 8.91. The molecule has 0 N–H and O–H groups in total. The van der Waals surface area contributed by atoms with Crippen LogP contribution in [0, 0.1) is 11.3 Å². The largest absolute Gasteiger partial charge is 0.0820 e. The minimum Gasteiger partial charge on any atom is -0.0820 e. The molecule has 0 fully saturated rings. The molecule has 0 aliphatic heterocycles. The molecule has 0 nitrogen and oxygen atoms in total. The lowest BCUT2D eigenvalue weighted by Crippen LogP contribution is -1.97. The molecule has 0 aliphatic rings. The second-order valence-corrected chi connectivity index (χ2v) is 4.35. The summed E-state index contributed by atoms with van der Waals surface area (Å²) in [6.07, 6.45) is 8.66. The second kappa shape index (κ2) is 4.38. The van der Waals surface area contributed by atoms with Gasteiger partial charge in [0, 0.05) is 0 Å². The molecule has 0 aromatic rings. The van der Waals surface area contributed by atoms with Crippen molar-refractivity contribution in [2.45, 2.75) is 34.6 Å². The average molecular weight is 152 g/mol. The highest BCUT2D eigenvalue weighted by Gasteiger charge is 2.01. The van der Waals surface area contributed by atoms with Crippen molar-refractivity contribution in [1.29, 1.82) is 0 Å². The van der Waals surface area contributed by atoms with E-state index in [0.717, 1.165) is 0 Å². The van der Waals surface area contributed by atoms with Crippen LogP contribution in [-0.4, -0.2) is 0 Å². The Balaban J connectivity index is 3.78. The highest BCUT2D eigenvalue weighted by molar-refractivity contribution is 5.06. The van der Waals surface area contributed by atoms with E-state index in [1.54, 1.807) is 0 Å². The fraction of sp³-hybridized carbons (Fsp3) is 0.636. The molecule has 0 bridgehead atoms. The first-order chi connectivity index (χ1) is 4.92. The van der Waals surface area contributed by atoms with E-state index in [0.29, 0.717) is 11.3 Å². The summed E-state index contributed by atoms with van der Waals surface area (Å²) in [6.45, 7) is 11.0. The highest BCUT2D eigenvalue weighted by Crippen LogP contribution is 2.14. The molecule has 0 heterocycles. The van der Waals surface area contributed by atoms with Crippen LogP contribution in [0.2, 0.25) is 0 Å². The molecule has 0 saturated heterocycles. The molecule has 11 heavy (non-hydrogen) atoms. The number of hydrogen-bond acceptors (Lipinski definition) is 0. The van der Waals surface area contributed by atoms with Gasteiger partial charge in [0.2, 0.25) is 0 Å². The predicted octanol–water partition coefficient (Wildman–Crippen LogP) is 3.80. The van der Waals surface area contributed by atoms with Crippen LogP contribution in [0.25, 0.3) is 0 Å². The third kappa shape index (κ3) is 9.48. The first kappa shape index (κ1) is 10.5. The summed E-state index contributed by atoms with van der Waals surface area (Å²) < 4.78 is 0. The van der Waals surface area contributed by atoms with Crippen LogP contribution < -0.4 is 0 Å². The maximum atomic E-state index is 2.21. The van der Waals surface area contributed by atoms with E-state index < -0.39 is 0 Å². The van der Waals surface area contributed by atoms with Gasteiger partial charge in [-0.05, 0) is 11.3 Å². The van der Waals surface area contributed by atoms with Crippen molar-refractivity contribution in [3.05, 3.63) is 24.3 Å². The summed E-state index contributed by atoms with van der Waals surface area (Å²) >= 11 is 0. The van der Waals surface area contributed by atoms with Gasteiger partial charge in [-0.25, -0.2) is 0 Å². The molecule has 0 atom stereocenters. The van der Waals surface area contributed by atoms with E-state index in [9.17, 15) is 0 Å². The molecular weight excluding hydrogens is 132 g/mol. The molecule has 64 valence electrons. The lowest BCUT2D eigenvalue weighted by molar-refractivity contribution is 0.544. The normalized spacial score (nSPS) is 14.0. The Morgan fingerprint density at radius 2 is 1.55 bits per heavy atom. The van der Waals surface area contributed by atoms with Crippen LogP contribution in [-0.2, 0) is 0 Å². The Hall–Kier alpha value is -0.520. The van der Waals surface area contributed by atoms with Gasteiger partial charge < -0.3 is 0 Å². The average Bonchev–Trinajstić information content (AvgIpc) is 1.78. The van der Waals surface area contributed by atoms with Gasteiger partial charge in [0.25, 0.3) is 0 Å². The van der Waals surface area contributed by atoms with Crippen LogP contribution >= 0.6 is 0 Å². The zero-order valence-electron chi connectivity index (χ0n) is 8.39. The van der Waals surface area contributed by atoms with Crippen molar-refractivity contribution in [3.63, 3.8) is 0 Å². The summed E-state index contributed by atoms with van der Waals surface area (Å²) in [4.78, 5) is 0. The van der Waals surface area contributed by atoms with Crippen LogP contribution in [0.1, 0.15) is 34.6 Å². The van der Waals surface area contributed by atoms with E-state index in [-0.39, 0.29) is 0 Å². The Morgan fingerprint density at radius 3 is 1.91 bits per heavy atom. The molecule has 0 unspecified atom stereocenters. The van der Waals surface area contributed by atoms with Crippen molar-refractivity contribution < 1.29 is 0 Å². The molecule has 0 spiro atoms. The molecule has 0 aromatic heterocycles. The maximum Gasteiger partial charge on any atom is -0.0200 e. The summed E-state index contributed by atoms with van der Waals surface area (Å²) in [5, 5.41) is 0. The third-order valence-electron chi connectivity index (χ3n) is 1.20. The summed E-state index contributed by atoms with van der Waals surface area (Å²) in [5.41, 5.74) is 0.307. The van der Waals surface area contributed by atoms with Gasteiger partial charge in [-0.2, -0.15) is 0 Å². The fourth-order valence-corrected chi connectivity index (χ4v) is 0.631. The summed E-state index contributed by atoms with van der Waals surface area (Å²) in [5.74, 6) is 0.652. The number of hydrogen-bond donors (Lipinski definition) is 0. The van der Waals surface area contributed by atoms with Gasteiger partial charge >= 0.3 is 0 Å². The molecule has 0 amide bonds. The smallest absolute Gasteiger partial charge is 0.0200 e. The van der Waals surface area contributed by atoms with Crippen molar-refractivity contribution in [3.8, 4) is 0 Å². The molecule has 0 aromatic carbocycles. The van der Waals surface area contributed by atoms with E-state index >= 15 is 0 Å². The minimum absolute atomic E-state index is 0.307. The third-order valence-corrected chi connectivity index (χ3v) is 1.20. The first-order valence-corrected chi connectivity index (χ1v) is 4.28. The summed E-state index contributed by atoms with van der Waals surface area (Å²) in [7, 11) is 0.